The van der Waals surface area contributed by atoms with Gasteiger partial charge in [-0.05, 0) is 46.6 Å². The molecule has 2 aliphatic heterocycles. The van der Waals surface area contributed by atoms with Crippen LogP contribution in [0.2, 0.25) is 0 Å². The summed E-state index contributed by atoms with van der Waals surface area (Å²) in [6.07, 6.45) is 0.539. The van der Waals surface area contributed by atoms with Crippen LogP contribution in [0.25, 0.3) is 0 Å². The topological polar surface area (TPSA) is 65.0 Å². The summed E-state index contributed by atoms with van der Waals surface area (Å²) in [6, 6.07) is 14.2. The Balaban J connectivity index is 1.28. The molecule has 0 aliphatic carbocycles. The first-order valence-corrected chi connectivity index (χ1v) is 10.8. The summed E-state index contributed by atoms with van der Waals surface area (Å²) in [5.41, 5.74) is 3.02. The van der Waals surface area contributed by atoms with Crippen LogP contribution >= 0.6 is 15.9 Å². The number of aliphatic hydroxyl groups is 1. The Morgan fingerprint density at radius 1 is 1.07 bits per heavy atom. The van der Waals surface area contributed by atoms with E-state index in [9.17, 15) is 9.90 Å². The molecule has 1 saturated heterocycles. The zero-order chi connectivity index (χ0) is 20.2. The highest BCUT2D eigenvalue weighted by atomic mass is 79.9. The Morgan fingerprint density at radius 2 is 1.83 bits per heavy atom. The Kier molecular flexibility index (Phi) is 6.37. The van der Waals surface area contributed by atoms with Crippen molar-refractivity contribution >= 4 is 33.2 Å². The average molecular weight is 460 g/mol. The number of nitrogens with one attached hydrogen (secondary N) is 1. The second-order valence-corrected chi connectivity index (χ2v) is 8.39. The first-order valence-electron chi connectivity index (χ1n) is 10.0. The minimum Gasteiger partial charge on any atom is -0.490 e. The summed E-state index contributed by atoms with van der Waals surface area (Å²) in [7, 11) is 0. The number of fused-ring (bicyclic) bond motifs is 1. The predicted octanol–water partition coefficient (Wildman–Crippen LogP) is 2.90. The quantitative estimate of drug-likeness (QED) is 0.694. The molecule has 154 valence electrons. The minimum atomic E-state index is -0.559. The van der Waals surface area contributed by atoms with Gasteiger partial charge < -0.3 is 20.1 Å². The van der Waals surface area contributed by atoms with E-state index in [1.807, 2.05) is 18.2 Å². The van der Waals surface area contributed by atoms with E-state index < -0.39 is 6.10 Å². The molecular weight excluding hydrogens is 434 g/mol. The number of carbonyl (C=O) groups excluding carboxylic acids is 1. The molecule has 0 aromatic heterocycles. The molecule has 2 aromatic rings. The summed E-state index contributed by atoms with van der Waals surface area (Å²) in [5, 5.41) is 13.4. The number of anilines is 2. The van der Waals surface area contributed by atoms with Gasteiger partial charge in [0.15, 0.2) is 0 Å². The number of amides is 1. The maximum atomic E-state index is 11.7. The van der Waals surface area contributed by atoms with E-state index in [0.717, 1.165) is 47.7 Å². The summed E-state index contributed by atoms with van der Waals surface area (Å²) < 4.78 is 6.78. The van der Waals surface area contributed by atoms with Crippen LogP contribution in [-0.2, 0) is 11.2 Å². The van der Waals surface area contributed by atoms with Crippen molar-refractivity contribution in [3.8, 4) is 5.75 Å². The number of aliphatic hydroxyl groups excluding tert-OH is 1. The number of halogens is 1. The number of para-hydroxylation sites is 1. The van der Waals surface area contributed by atoms with Crippen molar-refractivity contribution in [2.24, 2.45) is 0 Å². The van der Waals surface area contributed by atoms with Gasteiger partial charge in [-0.25, -0.2) is 0 Å². The number of rotatable bonds is 6. The predicted molar refractivity (Wildman–Crippen MR) is 118 cm³/mol. The maximum absolute atomic E-state index is 11.7. The number of nitrogens with zero attached hydrogens (tertiary/aromatic N) is 2. The highest BCUT2D eigenvalue weighted by Gasteiger charge is 2.23. The number of β-amino-alcohol motifs (C(OH)–C–C–N with tert-alkyl or cyclic N) is 1. The average Bonchev–Trinajstić information content (AvgIpc) is 2.75. The van der Waals surface area contributed by atoms with Crippen molar-refractivity contribution < 1.29 is 14.6 Å². The minimum absolute atomic E-state index is 0.0185. The van der Waals surface area contributed by atoms with Crippen molar-refractivity contribution in [2.45, 2.75) is 18.9 Å². The zero-order valence-electron chi connectivity index (χ0n) is 16.3. The van der Waals surface area contributed by atoms with Crippen LogP contribution < -0.4 is 15.0 Å². The second kappa shape index (κ2) is 9.15. The lowest BCUT2D eigenvalue weighted by atomic mass is 10.0. The third-order valence-electron chi connectivity index (χ3n) is 5.48. The van der Waals surface area contributed by atoms with Crippen LogP contribution in [0, 0.1) is 0 Å². The van der Waals surface area contributed by atoms with Crippen LogP contribution in [0.15, 0.2) is 46.9 Å². The highest BCUT2D eigenvalue weighted by Crippen LogP contribution is 2.37. The third kappa shape index (κ3) is 4.91. The van der Waals surface area contributed by atoms with E-state index in [1.54, 1.807) is 0 Å². The van der Waals surface area contributed by atoms with E-state index in [1.165, 1.54) is 5.69 Å². The van der Waals surface area contributed by atoms with E-state index in [0.29, 0.717) is 19.4 Å². The largest absolute Gasteiger partial charge is 0.490 e. The van der Waals surface area contributed by atoms with Gasteiger partial charge in [-0.3, -0.25) is 9.69 Å². The first kappa shape index (κ1) is 20.2. The molecule has 2 N–H and O–H groups in total. The molecule has 1 amide bonds. The number of piperazine rings is 1. The molecule has 0 radical (unpaired) electrons. The molecule has 29 heavy (non-hydrogen) atoms. The van der Waals surface area contributed by atoms with Crippen LogP contribution in [0.3, 0.4) is 0 Å². The van der Waals surface area contributed by atoms with Gasteiger partial charge in [0.2, 0.25) is 5.91 Å². The molecule has 7 heteroatoms. The van der Waals surface area contributed by atoms with Gasteiger partial charge in [-0.2, -0.15) is 0 Å². The fourth-order valence-corrected chi connectivity index (χ4v) is 4.39. The van der Waals surface area contributed by atoms with Gasteiger partial charge in [-0.15, -0.1) is 0 Å². The molecule has 1 unspecified atom stereocenters. The van der Waals surface area contributed by atoms with Gasteiger partial charge in [0.25, 0.3) is 0 Å². The fourth-order valence-electron chi connectivity index (χ4n) is 3.92. The van der Waals surface area contributed by atoms with Crippen molar-refractivity contribution in [1.82, 2.24) is 4.90 Å². The standard InChI is InChI=1S/C22H26BrN3O3/c23-19-7-8-20(18-6-9-21(28)24-22(18)19)29-15-17(27)14-25-10-12-26(13-11-25)16-4-2-1-3-5-16/h1-5,7-8,17,27H,6,9-15H2,(H,24,28). The summed E-state index contributed by atoms with van der Waals surface area (Å²) >= 11 is 3.48. The molecule has 6 nitrogen and oxygen atoms in total. The molecular formula is C22H26BrN3O3. The van der Waals surface area contributed by atoms with Gasteiger partial charge in [0.1, 0.15) is 18.5 Å². The second-order valence-electron chi connectivity index (χ2n) is 7.54. The van der Waals surface area contributed by atoms with Gasteiger partial charge in [0, 0.05) is 54.9 Å². The van der Waals surface area contributed by atoms with Crippen molar-refractivity contribution in [1.29, 1.82) is 0 Å². The Bertz CT molecular complexity index is 854. The van der Waals surface area contributed by atoms with Crippen molar-refractivity contribution in [3.05, 3.63) is 52.5 Å². The lowest BCUT2D eigenvalue weighted by Crippen LogP contribution is -2.49. The van der Waals surface area contributed by atoms with Crippen LogP contribution in [0.5, 0.6) is 5.75 Å². The van der Waals surface area contributed by atoms with E-state index in [4.69, 9.17) is 4.74 Å². The molecule has 2 heterocycles. The third-order valence-corrected chi connectivity index (χ3v) is 6.14. The van der Waals surface area contributed by atoms with Gasteiger partial charge in [0.05, 0.1) is 5.69 Å². The number of ether oxygens (including phenoxy) is 1. The molecule has 1 atom stereocenters. The van der Waals surface area contributed by atoms with E-state index in [2.05, 4.69) is 55.3 Å². The van der Waals surface area contributed by atoms with E-state index in [-0.39, 0.29) is 12.5 Å². The number of hydrogen-bond donors (Lipinski definition) is 2. The zero-order valence-corrected chi connectivity index (χ0v) is 17.9. The van der Waals surface area contributed by atoms with E-state index >= 15 is 0 Å². The highest BCUT2D eigenvalue weighted by molar-refractivity contribution is 9.10. The first-order chi connectivity index (χ1) is 14.1. The normalized spacial score (nSPS) is 18.1. The smallest absolute Gasteiger partial charge is 0.224 e. The Hall–Kier alpha value is -2.09. The molecule has 0 spiro atoms. The molecule has 0 saturated carbocycles. The monoisotopic (exact) mass is 459 g/mol. The fraction of sp³-hybridized carbons (Fsp3) is 0.409. The number of benzene rings is 2. The molecule has 2 aromatic carbocycles. The Labute approximate surface area is 179 Å². The molecule has 0 bridgehead atoms. The van der Waals surface area contributed by atoms with Crippen LogP contribution in [0.4, 0.5) is 11.4 Å². The van der Waals surface area contributed by atoms with Crippen LogP contribution in [-0.4, -0.2) is 61.3 Å². The molecule has 1 fully saturated rings. The van der Waals surface area contributed by atoms with Gasteiger partial charge >= 0.3 is 0 Å². The molecule has 2 aliphatic rings. The van der Waals surface area contributed by atoms with Crippen molar-refractivity contribution in [3.63, 3.8) is 0 Å². The molecule has 4 rings (SSSR count). The van der Waals surface area contributed by atoms with Crippen molar-refractivity contribution in [2.75, 3.05) is 49.5 Å². The Morgan fingerprint density at radius 3 is 2.59 bits per heavy atom. The number of carbonyl (C=O) groups is 1. The lowest BCUT2D eigenvalue weighted by molar-refractivity contribution is -0.116. The maximum Gasteiger partial charge on any atom is 0.224 e. The van der Waals surface area contributed by atoms with Crippen LogP contribution in [0.1, 0.15) is 12.0 Å². The summed E-state index contributed by atoms with van der Waals surface area (Å²) in [4.78, 5) is 16.3. The lowest BCUT2D eigenvalue weighted by Gasteiger charge is -2.36. The van der Waals surface area contributed by atoms with Gasteiger partial charge in [-0.1, -0.05) is 18.2 Å². The SMILES string of the molecule is O=C1CCc2c(OCC(O)CN3CCN(c4ccccc4)CC3)ccc(Br)c2N1. The number of hydrogen-bond acceptors (Lipinski definition) is 5. The summed E-state index contributed by atoms with van der Waals surface area (Å²) in [6.45, 7) is 4.59. The summed E-state index contributed by atoms with van der Waals surface area (Å²) in [5.74, 6) is 0.751.